The molecule has 65 heavy (non-hydrogen) atoms. The molecule has 0 aliphatic carbocycles. The summed E-state index contributed by atoms with van der Waals surface area (Å²) in [4.78, 5) is 28.6. The first-order valence-corrected chi connectivity index (χ1v) is 21.4. The third kappa shape index (κ3) is 12.3. The molecule has 4 N–H and O–H groups in total. The van der Waals surface area contributed by atoms with Crippen molar-refractivity contribution in [2.24, 2.45) is 9.98 Å². The van der Waals surface area contributed by atoms with Crippen LogP contribution in [0.1, 0.15) is 62.6 Å². The highest BCUT2D eigenvalue weighted by Crippen LogP contribution is 2.37. The van der Waals surface area contributed by atoms with Crippen LogP contribution < -0.4 is 24.3 Å². The average molecular weight is 921 g/mol. The van der Waals surface area contributed by atoms with Gasteiger partial charge in [0.05, 0.1) is 23.3 Å². The minimum atomic E-state index is -1.60. The van der Waals surface area contributed by atoms with E-state index in [0.29, 0.717) is 44.2 Å². The number of aliphatic carboxylic acids is 1. The third-order valence-electron chi connectivity index (χ3n) is 10.8. The van der Waals surface area contributed by atoms with E-state index in [1.54, 1.807) is 75.6 Å². The summed E-state index contributed by atoms with van der Waals surface area (Å²) in [6, 6.07) is 22.6. The number of aliphatic hydroxyl groups excluding tert-OH is 2. The molecule has 0 spiro atoms. The van der Waals surface area contributed by atoms with Crippen LogP contribution in [-0.2, 0) is 44.4 Å². The number of carbonyl (C=O) groups is 1. The van der Waals surface area contributed by atoms with E-state index in [4.69, 9.17) is 42.1 Å². The van der Waals surface area contributed by atoms with Gasteiger partial charge in [-0.3, -0.25) is 30.1 Å². The summed E-state index contributed by atoms with van der Waals surface area (Å²) >= 11 is 13.5. The zero-order valence-corrected chi connectivity index (χ0v) is 38.3. The van der Waals surface area contributed by atoms with Crippen molar-refractivity contribution in [2.45, 2.75) is 65.9 Å². The van der Waals surface area contributed by atoms with Gasteiger partial charge in [-0.2, -0.15) is 0 Å². The van der Waals surface area contributed by atoms with Crippen LogP contribution in [0.15, 0.2) is 108 Å². The molecular weight excluding hydrogens is 869 g/mol. The van der Waals surface area contributed by atoms with E-state index < -0.39 is 18.1 Å². The number of nitrogens with zero attached hydrogens (tertiary/aromatic N) is 4. The Morgan fingerprint density at radius 2 is 1.12 bits per heavy atom. The number of rotatable bonds is 21. The molecule has 4 aromatic carbocycles. The Labute approximate surface area is 388 Å². The minimum absolute atomic E-state index is 0.0337. The number of carboxylic acids is 1. The molecule has 2 aromatic heterocycles. The molecule has 0 radical (unpaired) electrons. The lowest BCUT2D eigenvalue weighted by atomic mass is 9.92. The van der Waals surface area contributed by atoms with Crippen molar-refractivity contribution in [3.8, 4) is 34.1 Å². The molecule has 13 nitrogen and oxygen atoms in total. The number of ether oxygens (including phenoxy) is 4. The van der Waals surface area contributed by atoms with Gasteiger partial charge in [-0.1, -0.05) is 59.6 Å². The molecule has 0 fully saturated rings. The van der Waals surface area contributed by atoms with Gasteiger partial charge in [0.1, 0.15) is 55.0 Å². The summed E-state index contributed by atoms with van der Waals surface area (Å²) in [5.41, 5.74) is 8.74. The predicted molar refractivity (Wildman–Crippen MR) is 253 cm³/mol. The fourth-order valence-electron chi connectivity index (χ4n) is 6.90. The molecule has 0 amide bonds. The number of aromatic nitrogens is 2. The number of benzene rings is 4. The van der Waals surface area contributed by atoms with Crippen LogP contribution in [0.3, 0.4) is 0 Å². The Bertz CT molecular complexity index is 2690. The quantitative estimate of drug-likeness (QED) is 0.0507. The van der Waals surface area contributed by atoms with Gasteiger partial charge < -0.3 is 34.3 Å². The molecule has 6 rings (SSSR count). The van der Waals surface area contributed by atoms with Crippen molar-refractivity contribution < 1.29 is 39.1 Å². The summed E-state index contributed by atoms with van der Waals surface area (Å²) in [6.45, 7) is 5.41. The fraction of sp³-hybridized carbons (Fsp3) is 0.260. The second-order valence-electron chi connectivity index (χ2n) is 15.4. The third-order valence-corrected chi connectivity index (χ3v) is 11.4. The molecule has 0 aliphatic heterocycles. The lowest BCUT2D eigenvalue weighted by molar-refractivity contribution is -0.145. The molecule has 0 saturated heterocycles. The van der Waals surface area contributed by atoms with Gasteiger partial charge in [-0.25, -0.2) is 0 Å². The first kappa shape index (κ1) is 48.1. The van der Waals surface area contributed by atoms with E-state index in [1.165, 1.54) is 6.92 Å². The molecule has 15 heteroatoms. The smallest absolute Gasteiger partial charge is 0.326 e. The Kier molecular flexibility index (Phi) is 16.7. The van der Waals surface area contributed by atoms with Gasteiger partial charge in [-0.15, -0.1) is 0 Å². The van der Waals surface area contributed by atoms with Crippen molar-refractivity contribution >= 4 is 41.6 Å². The Hall–Kier alpha value is -6.35. The van der Waals surface area contributed by atoms with E-state index in [-0.39, 0.29) is 39.6 Å². The van der Waals surface area contributed by atoms with Gasteiger partial charge in [-0.05, 0) is 78.4 Å². The Morgan fingerprint density at radius 3 is 1.57 bits per heavy atom. The number of aliphatic imine (C=N–C) groups is 2. The zero-order valence-electron chi connectivity index (χ0n) is 36.8. The summed E-state index contributed by atoms with van der Waals surface area (Å²) in [5, 5.41) is 33.2. The maximum atomic E-state index is 11.9. The van der Waals surface area contributed by atoms with Crippen LogP contribution in [0.2, 0.25) is 10.0 Å². The van der Waals surface area contributed by atoms with Crippen LogP contribution >= 0.6 is 23.2 Å². The molecule has 6 aromatic rings. The Morgan fingerprint density at radius 1 is 0.662 bits per heavy atom. The van der Waals surface area contributed by atoms with Crippen LogP contribution in [-0.4, -0.2) is 69.9 Å². The lowest BCUT2D eigenvalue weighted by Crippen LogP contribution is -2.52. The van der Waals surface area contributed by atoms with Gasteiger partial charge in [0.15, 0.2) is 0 Å². The van der Waals surface area contributed by atoms with Gasteiger partial charge in [0.25, 0.3) is 0 Å². The topological polar surface area (TPSA) is 177 Å². The SMILES string of the molecule is CN=Cc1cncc(COc2cc(OCc3cccc(-c4cccc(COc5cc(OCc6cncc(C=NC)c6)c(CN[C@@](C)(CO)C(=O)O)cc5Cl)c4C)c3C)c(Cl)cc2CO)c1. The molecule has 0 bridgehead atoms. The number of hydrogen-bond donors (Lipinski definition) is 4. The van der Waals surface area contributed by atoms with E-state index in [1.807, 2.05) is 50.2 Å². The summed E-state index contributed by atoms with van der Waals surface area (Å²) in [5.74, 6) is 0.437. The molecule has 0 aliphatic rings. The molecule has 338 valence electrons. The predicted octanol–water partition coefficient (Wildman–Crippen LogP) is 8.90. The molecular formula is C50H51Cl2N5O8. The normalized spacial score (nSPS) is 12.4. The highest BCUT2D eigenvalue weighted by molar-refractivity contribution is 6.32. The average Bonchev–Trinajstić information content (AvgIpc) is 3.30. The van der Waals surface area contributed by atoms with Crippen LogP contribution in [0, 0.1) is 13.8 Å². The van der Waals surface area contributed by atoms with Crippen LogP contribution in [0.25, 0.3) is 11.1 Å². The minimum Gasteiger partial charge on any atom is -0.488 e. The summed E-state index contributed by atoms with van der Waals surface area (Å²) in [7, 11) is 3.38. The van der Waals surface area contributed by atoms with E-state index in [0.717, 1.165) is 55.6 Å². The second-order valence-corrected chi connectivity index (χ2v) is 16.3. The van der Waals surface area contributed by atoms with Crippen LogP contribution in [0.4, 0.5) is 0 Å². The number of pyridine rings is 2. The summed E-state index contributed by atoms with van der Waals surface area (Å²) in [6.07, 6.45) is 10.2. The zero-order chi connectivity index (χ0) is 46.5. The van der Waals surface area contributed by atoms with E-state index in [9.17, 15) is 20.1 Å². The standard InChI is InChI=1S/C50H51Cl2N5O8/c1-31-37(28-64-47-16-45(62-26-35-12-33(18-53-4)20-55-22-35)39(14-43(47)51)24-57-50(3,30-59)49(60)61)8-6-10-41(31)42-11-7-9-38(32(42)2)29-65-48-17-46(40(25-58)15-44(48)52)63-27-36-13-34(19-54-5)21-56-23-36/h6-23,57-59H,24-30H2,1-5H3,(H,60,61)/t50-/m0/s1. The fourth-order valence-corrected chi connectivity index (χ4v) is 7.38. The maximum absolute atomic E-state index is 11.9. The first-order valence-electron chi connectivity index (χ1n) is 20.6. The lowest BCUT2D eigenvalue weighted by Gasteiger charge is -2.25. The highest BCUT2D eigenvalue weighted by Gasteiger charge is 2.32. The highest BCUT2D eigenvalue weighted by atomic mass is 35.5. The molecule has 0 saturated carbocycles. The number of hydrogen-bond acceptors (Lipinski definition) is 12. The van der Waals surface area contributed by atoms with Gasteiger partial charge in [0, 0.05) is 103 Å². The van der Waals surface area contributed by atoms with Crippen molar-refractivity contribution in [1.82, 2.24) is 15.3 Å². The van der Waals surface area contributed by atoms with Crippen molar-refractivity contribution in [3.63, 3.8) is 0 Å². The van der Waals surface area contributed by atoms with Crippen LogP contribution in [0.5, 0.6) is 23.0 Å². The van der Waals surface area contributed by atoms with E-state index in [2.05, 4.69) is 37.4 Å². The van der Waals surface area contributed by atoms with E-state index >= 15 is 0 Å². The summed E-state index contributed by atoms with van der Waals surface area (Å²) < 4.78 is 25.1. The molecule has 2 heterocycles. The van der Waals surface area contributed by atoms with Gasteiger partial charge >= 0.3 is 5.97 Å². The molecule has 1 atom stereocenters. The van der Waals surface area contributed by atoms with Crippen molar-refractivity contribution in [1.29, 1.82) is 0 Å². The molecule has 0 unspecified atom stereocenters. The van der Waals surface area contributed by atoms with Gasteiger partial charge in [0.2, 0.25) is 0 Å². The second kappa shape index (κ2) is 22.5. The maximum Gasteiger partial charge on any atom is 0.326 e. The largest absolute Gasteiger partial charge is 0.488 e. The number of nitrogens with one attached hydrogen (secondary N) is 1. The Balaban J connectivity index is 1.19. The first-order chi connectivity index (χ1) is 31.4. The number of aliphatic hydroxyl groups is 2. The van der Waals surface area contributed by atoms with Crippen molar-refractivity contribution in [2.75, 3.05) is 20.7 Å². The van der Waals surface area contributed by atoms with Crippen molar-refractivity contribution in [3.05, 3.63) is 163 Å². The monoisotopic (exact) mass is 919 g/mol. The number of carboxylic acid groups (broad SMARTS) is 1. The number of halogens is 2.